The molecular formula is C15H15FO4. The molecule has 20 heavy (non-hydrogen) atoms. The van der Waals surface area contributed by atoms with Crippen LogP contribution in [0.4, 0.5) is 4.39 Å². The summed E-state index contributed by atoms with van der Waals surface area (Å²) in [6, 6.07) is 13.1. The summed E-state index contributed by atoms with van der Waals surface area (Å²) in [5, 5.41) is 20.8. The standard InChI is InChI=1S/C15H15FO4/c16-13-14(18)12(17)8-19-15(13)20-11-6-5-9-3-1-2-4-10(9)7-11/h1-7,12-15,17-18H,8H2/t12-,13-,14+,15+/m1/s1. The average molecular weight is 278 g/mol. The van der Waals surface area contributed by atoms with Crippen molar-refractivity contribution in [2.75, 3.05) is 6.61 Å². The van der Waals surface area contributed by atoms with Crippen molar-refractivity contribution in [3.8, 4) is 5.75 Å². The number of fused-ring (bicyclic) bond motifs is 1. The molecule has 0 spiro atoms. The van der Waals surface area contributed by atoms with Crippen LogP contribution in [0.5, 0.6) is 5.75 Å². The maximum atomic E-state index is 13.8. The van der Waals surface area contributed by atoms with Crippen molar-refractivity contribution in [3.05, 3.63) is 42.5 Å². The molecule has 2 N–H and O–H groups in total. The Hall–Kier alpha value is -1.69. The fourth-order valence-electron chi connectivity index (χ4n) is 2.23. The first-order valence-corrected chi connectivity index (χ1v) is 6.42. The third-order valence-electron chi connectivity index (χ3n) is 3.38. The van der Waals surface area contributed by atoms with E-state index in [0.717, 1.165) is 10.8 Å². The van der Waals surface area contributed by atoms with E-state index in [1.165, 1.54) is 0 Å². The smallest absolute Gasteiger partial charge is 0.234 e. The summed E-state index contributed by atoms with van der Waals surface area (Å²) >= 11 is 0. The number of benzene rings is 2. The van der Waals surface area contributed by atoms with Crippen LogP contribution in [0.3, 0.4) is 0 Å². The maximum Gasteiger partial charge on any atom is 0.234 e. The van der Waals surface area contributed by atoms with E-state index >= 15 is 0 Å². The number of alkyl halides is 1. The van der Waals surface area contributed by atoms with Gasteiger partial charge in [-0.05, 0) is 22.9 Å². The van der Waals surface area contributed by atoms with Gasteiger partial charge in [0.2, 0.25) is 6.29 Å². The quantitative estimate of drug-likeness (QED) is 0.876. The van der Waals surface area contributed by atoms with Gasteiger partial charge in [-0.3, -0.25) is 0 Å². The summed E-state index contributed by atoms with van der Waals surface area (Å²) in [7, 11) is 0. The zero-order chi connectivity index (χ0) is 14.1. The number of hydrogen-bond donors (Lipinski definition) is 2. The highest BCUT2D eigenvalue weighted by atomic mass is 19.1. The third-order valence-corrected chi connectivity index (χ3v) is 3.38. The van der Waals surface area contributed by atoms with Gasteiger partial charge in [0.05, 0.1) is 6.61 Å². The van der Waals surface area contributed by atoms with Crippen LogP contribution in [-0.2, 0) is 4.74 Å². The highest BCUT2D eigenvalue weighted by molar-refractivity contribution is 5.83. The number of aliphatic hydroxyl groups excluding tert-OH is 2. The topological polar surface area (TPSA) is 58.9 Å². The van der Waals surface area contributed by atoms with E-state index in [2.05, 4.69) is 0 Å². The van der Waals surface area contributed by atoms with E-state index in [-0.39, 0.29) is 6.61 Å². The Labute approximate surface area is 115 Å². The van der Waals surface area contributed by atoms with Gasteiger partial charge in [0, 0.05) is 0 Å². The normalized spacial score (nSPS) is 30.4. The van der Waals surface area contributed by atoms with Crippen LogP contribution in [0, 0.1) is 0 Å². The lowest BCUT2D eigenvalue weighted by Gasteiger charge is -2.33. The lowest BCUT2D eigenvalue weighted by atomic mass is 10.1. The summed E-state index contributed by atoms with van der Waals surface area (Å²) in [5.74, 6) is 0.458. The van der Waals surface area contributed by atoms with Crippen LogP contribution in [0.2, 0.25) is 0 Å². The van der Waals surface area contributed by atoms with Gasteiger partial charge in [0.25, 0.3) is 0 Å². The zero-order valence-corrected chi connectivity index (χ0v) is 10.6. The number of ether oxygens (including phenoxy) is 2. The second kappa shape index (κ2) is 5.36. The van der Waals surface area contributed by atoms with Gasteiger partial charge in [-0.2, -0.15) is 0 Å². The largest absolute Gasteiger partial charge is 0.462 e. The minimum Gasteiger partial charge on any atom is -0.462 e. The molecule has 4 atom stereocenters. The summed E-state index contributed by atoms with van der Waals surface area (Å²) in [5.41, 5.74) is 0. The molecule has 106 valence electrons. The average Bonchev–Trinajstić information content (AvgIpc) is 2.48. The second-order valence-corrected chi connectivity index (χ2v) is 4.83. The van der Waals surface area contributed by atoms with Crippen LogP contribution >= 0.6 is 0 Å². The molecule has 1 fully saturated rings. The Morgan fingerprint density at radius 1 is 1.10 bits per heavy atom. The Morgan fingerprint density at radius 2 is 1.85 bits per heavy atom. The Bertz CT molecular complexity index is 603. The van der Waals surface area contributed by atoms with Crippen LogP contribution in [-0.4, -0.2) is 41.5 Å². The van der Waals surface area contributed by atoms with Gasteiger partial charge in [0.15, 0.2) is 6.17 Å². The highest BCUT2D eigenvalue weighted by Gasteiger charge is 2.40. The molecule has 0 amide bonds. The molecule has 2 aromatic carbocycles. The van der Waals surface area contributed by atoms with E-state index in [0.29, 0.717) is 5.75 Å². The van der Waals surface area contributed by atoms with Crippen molar-refractivity contribution in [1.82, 2.24) is 0 Å². The minimum absolute atomic E-state index is 0.153. The van der Waals surface area contributed by atoms with Crippen molar-refractivity contribution in [2.45, 2.75) is 24.7 Å². The van der Waals surface area contributed by atoms with Crippen LogP contribution in [0.1, 0.15) is 0 Å². The predicted molar refractivity (Wildman–Crippen MR) is 71.2 cm³/mol. The van der Waals surface area contributed by atoms with Gasteiger partial charge in [-0.1, -0.05) is 30.3 Å². The maximum absolute atomic E-state index is 13.8. The molecule has 0 saturated carbocycles. The van der Waals surface area contributed by atoms with Crippen LogP contribution in [0.25, 0.3) is 10.8 Å². The highest BCUT2D eigenvalue weighted by Crippen LogP contribution is 2.25. The molecule has 4 nitrogen and oxygen atoms in total. The van der Waals surface area contributed by atoms with E-state index < -0.39 is 24.7 Å². The lowest BCUT2D eigenvalue weighted by Crippen LogP contribution is -2.52. The molecule has 1 saturated heterocycles. The summed E-state index contributed by atoms with van der Waals surface area (Å²) in [4.78, 5) is 0. The van der Waals surface area contributed by atoms with Gasteiger partial charge in [0.1, 0.15) is 18.0 Å². The predicted octanol–water partition coefficient (Wildman–Crippen LogP) is 1.63. The van der Waals surface area contributed by atoms with Gasteiger partial charge < -0.3 is 19.7 Å². The molecule has 2 aromatic rings. The Balaban J connectivity index is 1.79. The van der Waals surface area contributed by atoms with Crippen LogP contribution in [0.15, 0.2) is 42.5 Å². The van der Waals surface area contributed by atoms with E-state index in [1.54, 1.807) is 12.1 Å². The van der Waals surface area contributed by atoms with Crippen molar-refractivity contribution < 1.29 is 24.1 Å². The fourth-order valence-corrected chi connectivity index (χ4v) is 2.23. The molecule has 1 heterocycles. The molecule has 0 unspecified atom stereocenters. The van der Waals surface area contributed by atoms with Gasteiger partial charge >= 0.3 is 0 Å². The van der Waals surface area contributed by atoms with Crippen molar-refractivity contribution in [3.63, 3.8) is 0 Å². The number of rotatable bonds is 2. The van der Waals surface area contributed by atoms with Gasteiger partial charge in [-0.15, -0.1) is 0 Å². The molecule has 0 bridgehead atoms. The zero-order valence-electron chi connectivity index (χ0n) is 10.6. The van der Waals surface area contributed by atoms with Crippen molar-refractivity contribution in [2.24, 2.45) is 0 Å². The summed E-state index contributed by atoms with van der Waals surface area (Å²) in [6.07, 6.45) is -5.71. The molecule has 1 aliphatic rings. The Morgan fingerprint density at radius 3 is 2.65 bits per heavy atom. The summed E-state index contributed by atoms with van der Waals surface area (Å²) < 4.78 is 24.3. The van der Waals surface area contributed by atoms with Crippen molar-refractivity contribution in [1.29, 1.82) is 0 Å². The number of aliphatic hydroxyl groups is 2. The first-order chi connectivity index (χ1) is 9.65. The van der Waals surface area contributed by atoms with Crippen molar-refractivity contribution >= 4 is 10.8 Å². The third kappa shape index (κ3) is 2.47. The first kappa shape index (κ1) is 13.3. The minimum atomic E-state index is -1.79. The molecule has 0 aliphatic carbocycles. The van der Waals surface area contributed by atoms with E-state index in [1.807, 2.05) is 30.3 Å². The number of halogens is 1. The molecule has 0 aromatic heterocycles. The summed E-state index contributed by atoms with van der Waals surface area (Å²) in [6.45, 7) is -0.153. The molecular weight excluding hydrogens is 263 g/mol. The first-order valence-electron chi connectivity index (χ1n) is 6.42. The SMILES string of the molecule is O[C@@H]1[C@@H](F)[C@H](Oc2ccc3ccccc3c2)OC[C@H]1O. The second-order valence-electron chi connectivity index (χ2n) is 4.83. The fraction of sp³-hybridized carbons (Fsp3) is 0.333. The van der Waals surface area contributed by atoms with E-state index in [4.69, 9.17) is 9.47 Å². The van der Waals surface area contributed by atoms with Crippen LogP contribution < -0.4 is 4.74 Å². The molecule has 1 aliphatic heterocycles. The lowest BCUT2D eigenvalue weighted by molar-refractivity contribution is -0.222. The molecule has 5 heteroatoms. The number of hydrogen-bond acceptors (Lipinski definition) is 4. The molecule has 0 radical (unpaired) electrons. The van der Waals surface area contributed by atoms with Gasteiger partial charge in [-0.25, -0.2) is 4.39 Å². The molecule has 3 rings (SSSR count). The monoisotopic (exact) mass is 278 g/mol. The Kier molecular flexibility index (Phi) is 3.56. The van der Waals surface area contributed by atoms with E-state index in [9.17, 15) is 14.6 Å².